The molecule has 136 valence electrons. The molecule has 6 heteroatoms. The van der Waals surface area contributed by atoms with Crippen LogP contribution in [0.15, 0.2) is 66.7 Å². The summed E-state index contributed by atoms with van der Waals surface area (Å²) < 4.78 is 4.58. The highest BCUT2D eigenvalue weighted by atomic mass is 35.5. The van der Waals surface area contributed by atoms with Gasteiger partial charge in [-0.15, -0.1) is 0 Å². The lowest BCUT2D eigenvalue weighted by molar-refractivity contribution is 0.0442. The van der Waals surface area contributed by atoms with Gasteiger partial charge in [0, 0.05) is 27.3 Å². The average Bonchev–Trinajstić information content (AvgIpc) is 3.01. The summed E-state index contributed by atoms with van der Waals surface area (Å²) in [5.41, 5.74) is 1.31. The van der Waals surface area contributed by atoms with Gasteiger partial charge in [0.25, 0.3) is 0 Å². The summed E-state index contributed by atoms with van der Waals surface area (Å²) in [7, 11) is 0. The van der Waals surface area contributed by atoms with Crippen molar-refractivity contribution in [3.8, 4) is 0 Å². The number of benzene rings is 3. The van der Waals surface area contributed by atoms with Gasteiger partial charge in [0.15, 0.2) is 11.6 Å². The van der Waals surface area contributed by atoms with Crippen LogP contribution in [-0.2, 0) is 4.74 Å². The van der Waals surface area contributed by atoms with E-state index in [0.717, 1.165) is 0 Å². The van der Waals surface area contributed by atoms with E-state index in [2.05, 4.69) is 4.74 Å². The summed E-state index contributed by atoms with van der Waals surface area (Å²) in [4.78, 5) is 48.9. The van der Waals surface area contributed by atoms with Crippen molar-refractivity contribution in [2.24, 2.45) is 0 Å². The van der Waals surface area contributed by atoms with Gasteiger partial charge in [0.05, 0.1) is 11.1 Å². The summed E-state index contributed by atoms with van der Waals surface area (Å²) in [6.07, 6.45) is 0. The monoisotopic (exact) mass is 390 g/mol. The molecule has 1 aliphatic rings. The van der Waals surface area contributed by atoms with E-state index in [1.165, 1.54) is 42.5 Å². The van der Waals surface area contributed by atoms with Crippen LogP contribution in [-0.4, -0.2) is 23.5 Å². The smallest absolute Gasteiger partial charge is 0.347 e. The van der Waals surface area contributed by atoms with Crippen LogP contribution in [0.25, 0.3) is 0 Å². The standard InChI is InChI=1S/C22H11ClO5/c23-15-10-8-13(9-11-15)19(24)12-4-6-14(7-5-12)20(25)16-2-1-3-17-18(16)22(27)28-21(17)26/h1-11H. The summed E-state index contributed by atoms with van der Waals surface area (Å²) in [6.45, 7) is 0. The van der Waals surface area contributed by atoms with E-state index in [1.54, 1.807) is 24.3 Å². The predicted molar refractivity (Wildman–Crippen MR) is 101 cm³/mol. The van der Waals surface area contributed by atoms with E-state index >= 15 is 0 Å². The Bertz CT molecular complexity index is 1140. The molecular weight excluding hydrogens is 380 g/mol. The number of esters is 2. The van der Waals surface area contributed by atoms with Gasteiger partial charge in [-0.3, -0.25) is 9.59 Å². The molecule has 0 saturated heterocycles. The Morgan fingerprint density at radius 2 is 1.21 bits per heavy atom. The molecule has 0 N–H and O–H groups in total. The molecule has 1 aliphatic heterocycles. The maximum absolute atomic E-state index is 12.8. The van der Waals surface area contributed by atoms with Crippen LogP contribution in [0.4, 0.5) is 0 Å². The number of fused-ring (bicyclic) bond motifs is 1. The molecule has 3 aromatic carbocycles. The van der Waals surface area contributed by atoms with Crippen LogP contribution in [0.2, 0.25) is 5.02 Å². The fraction of sp³-hybridized carbons (Fsp3) is 0. The van der Waals surface area contributed by atoms with Crippen LogP contribution in [0.1, 0.15) is 52.6 Å². The van der Waals surface area contributed by atoms with Crippen molar-refractivity contribution in [2.75, 3.05) is 0 Å². The zero-order chi connectivity index (χ0) is 19.8. The lowest BCUT2D eigenvalue weighted by Crippen LogP contribution is -2.09. The lowest BCUT2D eigenvalue weighted by atomic mass is 9.94. The number of carbonyl (C=O) groups is 4. The van der Waals surface area contributed by atoms with Crippen molar-refractivity contribution in [3.63, 3.8) is 0 Å². The molecule has 28 heavy (non-hydrogen) atoms. The van der Waals surface area contributed by atoms with Gasteiger partial charge in [-0.05, 0) is 30.3 Å². The van der Waals surface area contributed by atoms with E-state index < -0.39 is 17.7 Å². The minimum absolute atomic E-state index is 0.0289. The number of hydrogen-bond acceptors (Lipinski definition) is 5. The summed E-state index contributed by atoms with van der Waals surface area (Å²) in [5, 5.41) is 0.532. The zero-order valence-corrected chi connectivity index (χ0v) is 15.0. The molecule has 0 aromatic heterocycles. The second-order valence-corrected chi connectivity index (χ2v) is 6.58. The molecule has 0 bridgehead atoms. The number of carbonyl (C=O) groups excluding carboxylic acids is 4. The first-order valence-corrected chi connectivity index (χ1v) is 8.68. The fourth-order valence-corrected chi connectivity index (χ4v) is 3.14. The number of ether oxygens (including phenoxy) is 1. The summed E-state index contributed by atoms with van der Waals surface area (Å²) >= 11 is 5.83. The second-order valence-electron chi connectivity index (χ2n) is 6.15. The Hall–Kier alpha value is -3.57. The Morgan fingerprint density at radius 1 is 0.679 bits per heavy atom. The van der Waals surface area contributed by atoms with Crippen molar-refractivity contribution in [2.45, 2.75) is 0 Å². The Balaban J connectivity index is 1.64. The molecule has 0 aliphatic carbocycles. The minimum atomic E-state index is -0.835. The van der Waals surface area contributed by atoms with E-state index in [4.69, 9.17) is 11.6 Å². The second kappa shape index (κ2) is 6.87. The SMILES string of the molecule is O=C(c1ccc(Cl)cc1)c1ccc(C(=O)c2cccc3c2C(=O)OC3=O)cc1. The van der Waals surface area contributed by atoms with Gasteiger partial charge in [0.1, 0.15) is 0 Å². The van der Waals surface area contributed by atoms with Crippen molar-refractivity contribution in [3.05, 3.63) is 105 Å². The van der Waals surface area contributed by atoms with E-state index in [0.29, 0.717) is 16.1 Å². The van der Waals surface area contributed by atoms with Crippen LogP contribution in [0.3, 0.4) is 0 Å². The maximum atomic E-state index is 12.8. The average molecular weight is 391 g/mol. The molecule has 4 rings (SSSR count). The van der Waals surface area contributed by atoms with Crippen LogP contribution in [0.5, 0.6) is 0 Å². The molecule has 5 nitrogen and oxygen atoms in total. The van der Waals surface area contributed by atoms with E-state index in [9.17, 15) is 19.2 Å². The van der Waals surface area contributed by atoms with Gasteiger partial charge >= 0.3 is 11.9 Å². The Kier molecular flexibility index (Phi) is 4.37. The molecule has 0 radical (unpaired) electrons. The highest BCUT2D eigenvalue weighted by molar-refractivity contribution is 6.30. The van der Waals surface area contributed by atoms with Crippen molar-refractivity contribution >= 4 is 35.1 Å². The highest BCUT2D eigenvalue weighted by Gasteiger charge is 2.34. The molecule has 0 atom stereocenters. The topological polar surface area (TPSA) is 77.5 Å². The van der Waals surface area contributed by atoms with Crippen LogP contribution < -0.4 is 0 Å². The minimum Gasteiger partial charge on any atom is -0.386 e. The molecule has 3 aromatic rings. The third-order valence-corrected chi connectivity index (χ3v) is 4.69. The quantitative estimate of drug-likeness (QED) is 0.380. The third kappa shape index (κ3) is 3.02. The highest BCUT2D eigenvalue weighted by Crippen LogP contribution is 2.26. The number of rotatable bonds is 4. The van der Waals surface area contributed by atoms with Crippen molar-refractivity contribution in [1.82, 2.24) is 0 Å². The van der Waals surface area contributed by atoms with Gasteiger partial charge in [-0.25, -0.2) is 9.59 Å². The fourth-order valence-electron chi connectivity index (χ4n) is 3.02. The largest absolute Gasteiger partial charge is 0.386 e. The number of cyclic esters (lactones) is 2. The molecule has 0 fully saturated rings. The molecule has 1 heterocycles. The maximum Gasteiger partial charge on any atom is 0.347 e. The first kappa shape index (κ1) is 17.8. The van der Waals surface area contributed by atoms with Crippen LogP contribution >= 0.6 is 11.6 Å². The molecule has 0 spiro atoms. The van der Waals surface area contributed by atoms with Crippen molar-refractivity contribution in [1.29, 1.82) is 0 Å². The number of hydrogen-bond donors (Lipinski definition) is 0. The predicted octanol–water partition coefficient (Wildman–Crippen LogP) is 4.11. The van der Waals surface area contributed by atoms with E-state index in [1.807, 2.05) is 0 Å². The van der Waals surface area contributed by atoms with E-state index in [-0.39, 0.29) is 28.0 Å². The van der Waals surface area contributed by atoms with Gasteiger partial charge < -0.3 is 4.74 Å². The van der Waals surface area contributed by atoms with Crippen molar-refractivity contribution < 1.29 is 23.9 Å². The first-order chi connectivity index (χ1) is 13.5. The Labute approximate surface area is 164 Å². The summed E-state index contributed by atoms with van der Waals surface area (Å²) in [6, 6.07) is 17.0. The molecule has 0 amide bonds. The summed E-state index contributed by atoms with van der Waals surface area (Å²) in [5.74, 6) is -2.24. The molecule has 0 unspecified atom stereocenters. The Morgan fingerprint density at radius 3 is 1.82 bits per heavy atom. The number of ketones is 2. The number of halogens is 1. The van der Waals surface area contributed by atoms with Crippen LogP contribution in [0, 0.1) is 0 Å². The van der Waals surface area contributed by atoms with Gasteiger partial charge in [-0.2, -0.15) is 0 Å². The zero-order valence-electron chi connectivity index (χ0n) is 14.3. The third-order valence-electron chi connectivity index (χ3n) is 4.43. The lowest BCUT2D eigenvalue weighted by Gasteiger charge is -2.06. The van der Waals surface area contributed by atoms with Gasteiger partial charge in [0.2, 0.25) is 0 Å². The van der Waals surface area contributed by atoms with Gasteiger partial charge in [-0.1, -0.05) is 48.0 Å². The first-order valence-electron chi connectivity index (χ1n) is 8.30. The normalized spacial score (nSPS) is 12.5. The molecule has 0 saturated carbocycles. The molecular formula is C22H11ClO5.